The Bertz CT molecular complexity index is 1050. The number of hydrogen-bond acceptors (Lipinski definition) is 7. The van der Waals surface area contributed by atoms with E-state index in [-0.39, 0.29) is 62.4 Å². The Labute approximate surface area is 234 Å². The molecule has 14 heteroatoms. The number of unbranched alkanes of at least 4 members (excludes halogenated alkanes) is 2. The molecule has 0 aliphatic carbocycles. The molecular formula is C26H37BN6O7. The summed E-state index contributed by atoms with van der Waals surface area (Å²) in [5.41, 5.74) is 0.797. The minimum atomic E-state index is -0.970. The van der Waals surface area contributed by atoms with E-state index in [1.165, 1.54) is 4.90 Å². The molecule has 0 unspecified atom stereocenters. The van der Waals surface area contributed by atoms with Crippen molar-refractivity contribution in [2.75, 3.05) is 32.6 Å². The maximum absolute atomic E-state index is 12.7. The fourth-order valence-electron chi connectivity index (χ4n) is 3.97. The number of rotatable bonds is 17. The van der Waals surface area contributed by atoms with Gasteiger partial charge in [0.25, 0.3) is 0 Å². The molecule has 1 aromatic carbocycles. The summed E-state index contributed by atoms with van der Waals surface area (Å²) in [6, 6.07) is 8.06. The Balaban J connectivity index is 1.68. The number of imide groups is 1. The van der Waals surface area contributed by atoms with Gasteiger partial charge >= 0.3 is 0 Å². The zero-order valence-electron chi connectivity index (χ0n) is 22.8. The van der Waals surface area contributed by atoms with Crippen LogP contribution in [0.25, 0.3) is 0 Å². The van der Waals surface area contributed by atoms with Crippen LogP contribution in [0.15, 0.2) is 30.3 Å². The summed E-state index contributed by atoms with van der Waals surface area (Å²) < 4.78 is 0. The number of likely N-dealkylation sites (tertiary alicyclic amines) is 1. The van der Waals surface area contributed by atoms with E-state index in [9.17, 15) is 33.6 Å². The third-order valence-electron chi connectivity index (χ3n) is 6.06. The summed E-state index contributed by atoms with van der Waals surface area (Å²) in [7, 11) is 1.75. The number of nitrogens with zero attached hydrogens (tertiary/aromatic N) is 1. The monoisotopic (exact) mass is 556 g/mol. The van der Waals surface area contributed by atoms with Gasteiger partial charge in [-0.05, 0) is 24.8 Å². The van der Waals surface area contributed by atoms with Crippen LogP contribution in [-0.2, 0) is 40.0 Å². The molecule has 1 aliphatic rings. The standard InChI is InChI=1S/C26H37BN6O7/c27-17-31-22(36)15-30-26(40)19(13-18-7-3-1-4-8-18)32-23(37)16-29-21(35)14-28-20(34)9-5-2-6-12-33-24(38)10-11-25(33)39/h1,3-4,7-8,19H,2,5-6,9-17,27H2,(H,28,34)(H,29,35)(H,30,40)(H,31,36)(H,32,37)/t19-/m0/s1. The Morgan fingerprint density at radius 3 is 2.02 bits per heavy atom. The lowest BCUT2D eigenvalue weighted by Crippen LogP contribution is -2.52. The summed E-state index contributed by atoms with van der Waals surface area (Å²) in [6.07, 6.45) is 3.10. The average Bonchev–Trinajstić information content (AvgIpc) is 3.26. The third-order valence-corrected chi connectivity index (χ3v) is 6.06. The van der Waals surface area contributed by atoms with Gasteiger partial charge in [0.2, 0.25) is 41.4 Å². The zero-order chi connectivity index (χ0) is 29.3. The minimum Gasteiger partial charge on any atom is -0.363 e. The van der Waals surface area contributed by atoms with Gasteiger partial charge in [-0.3, -0.25) is 38.5 Å². The van der Waals surface area contributed by atoms with E-state index in [1.54, 1.807) is 32.1 Å². The maximum atomic E-state index is 12.7. The molecule has 7 amide bonds. The second-order valence-corrected chi connectivity index (χ2v) is 9.28. The van der Waals surface area contributed by atoms with Crippen LogP contribution in [0.1, 0.15) is 44.1 Å². The molecule has 0 aromatic heterocycles. The van der Waals surface area contributed by atoms with Crippen LogP contribution < -0.4 is 26.6 Å². The van der Waals surface area contributed by atoms with Crippen LogP contribution in [0.3, 0.4) is 0 Å². The van der Waals surface area contributed by atoms with Gasteiger partial charge in [-0.2, -0.15) is 0 Å². The molecule has 1 aromatic rings. The van der Waals surface area contributed by atoms with Crippen LogP contribution in [-0.4, -0.2) is 92.8 Å². The highest BCUT2D eigenvalue weighted by Crippen LogP contribution is 2.13. The first kappa shape index (κ1) is 32.0. The molecule has 1 fully saturated rings. The average molecular weight is 556 g/mol. The second kappa shape index (κ2) is 17.4. The van der Waals surface area contributed by atoms with Gasteiger partial charge < -0.3 is 26.6 Å². The molecule has 216 valence electrons. The van der Waals surface area contributed by atoms with Gasteiger partial charge in [0.1, 0.15) is 13.9 Å². The number of hydrogen-bond donors (Lipinski definition) is 5. The van der Waals surface area contributed by atoms with E-state index in [4.69, 9.17) is 0 Å². The smallest absolute Gasteiger partial charge is 0.243 e. The van der Waals surface area contributed by atoms with E-state index >= 15 is 0 Å². The van der Waals surface area contributed by atoms with E-state index < -0.39 is 30.3 Å². The van der Waals surface area contributed by atoms with Crippen molar-refractivity contribution in [3.63, 3.8) is 0 Å². The van der Waals surface area contributed by atoms with Gasteiger partial charge in [0.05, 0.1) is 19.6 Å². The molecule has 1 saturated heterocycles. The highest BCUT2D eigenvalue weighted by atomic mass is 16.2. The van der Waals surface area contributed by atoms with Gasteiger partial charge in [0, 0.05) is 32.2 Å². The second-order valence-electron chi connectivity index (χ2n) is 9.28. The van der Waals surface area contributed by atoms with Crippen molar-refractivity contribution >= 4 is 49.2 Å². The van der Waals surface area contributed by atoms with E-state index in [1.807, 2.05) is 6.07 Å². The predicted octanol–water partition coefficient (Wildman–Crippen LogP) is -2.52. The lowest BCUT2D eigenvalue weighted by Gasteiger charge is -2.19. The van der Waals surface area contributed by atoms with Crippen molar-refractivity contribution in [2.24, 2.45) is 0 Å². The summed E-state index contributed by atoms with van der Waals surface area (Å²) in [5, 5.41) is 12.5. The summed E-state index contributed by atoms with van der Waals surface area (Å²) in [6.45, 7) is -0.602. The molecule has 13 nitrogen and oxygen atoms in total. The minimum absolute atomic E-state index is 0.158. The third kappa shape index (κ3) is 12.1. The quantitative estimate of drug-likeness (QED) is 0.0797. The fourth-order valence-corrected chi connectivity index (χ4v) is 3.97. The highest BCUT2D eigenvalue weighted by molar-refractivity contribution is 6.10. The van der Waals surface area contributed by atoms with Crippen LogP contribution in [0.5, 0.6) is 0 Å². The lowest BCUT2D eigenvalue weighted by molar-refractivity contribution is -0.138. The molecule has 0 bridgehead atoms. The number of carbonyl (C=O) groups is 7. The molecule has 0 spiro atoms. The van der Waals surface area contributed by atoms with E-state index in [2.05, 4.69) is 26.6 Å². The zero-order valence-corrected chi connectivity index (χ0v) is 22.8. The molecule has 1 aliphatic heterocycles. The number of amides is 7. The maximum Gasteiger partial charge on any atom is 0.243 e. The van der Waals surface area contributed by atoms with Crippen LogP contribution in [0.4, 0.5) is 0 Å². The number of carbonyl (C=O) groups excluding carboxylic acids is 7. The van der Waals surface area contributed by atoms with E-state index in [0.29, 0.717) is 32.3 Å². The van der Waals surface area contributed by atoms with Crippen LogP contribution >= 0.6 is 0 Å². The first-order valence-electron chi connectivity index (χ1n) is 13.4. The Morgan fingerprint density at radius 1 is 0.750 bits per heavy atom. The molecule has 5 N–H and O–H groups in total. The predicted molar refractivity (Wildman–Crippen MR) is 147 cm³/mol. The van der Waals surface area contributed by atoms with Crippen molar-refractivity contribution in [3.8, 4) is 0 Å². The SMILES string of the molecule is BCNC(=O)CNC(=O)[C@H](Cc1ccccc1)NC(=O)CNC(=O)CNC(=O)CCCCCN1C(=O)CCC1=O. The van der Waals surface area contributed by atoms with Crippen LogP contribution in [0.2, 0.25) is 0 Å². The molecule has 1 atom stereocenters. The Morgan fingerprint density at radius 2 is 1.35 bits per heavy atom. The summed E-state index contributed by atoms with van der Waals surface area (Å²) >= 11 is 0. The molecule has 0 saturated carbocycles. The normalized spacial score (nSPS) is 13.3. The molecule has 0 radical (unpaired) electrons. The van der Waals surface area contributed by atoms with Gasteiger partial charge in [0.15, 0.2) is 0 Å². The molecule has 1 heterocycles. The van der Waals surface area contributed by atoms with Crippen molar-refractivity contribution < 1.29 is 33.6 Å². The Hall–Kier alpha value is -4.23. The van der Waals surface area contributed by atoms with Crippen molar-refractivity contribution in [2.45, 2.75) is 51.0 Å². The molecule has 2 rings (SSSR count). The first-order valence-corrected chi connectivity index (χ1v) is 13.4. The van der Waals surface area contributed by atoms with Crippen LogP contribution in [0, 0.1) is 0 Å². The van der Waals surface area contributed by atoms with Gasteiger partial charge in [-0.25, -0.2) is 0 Å². The summed E-state index contributed by atoms with van der Waals surface area (Å²) in [4.78, 5) is 85.3. The molecular weight excluding hydrogens is 519 g/mol. The van der Waals surface area contributed by atoms with Crippen molar-refractivity contribution in [1.82, 2.24) is 31.5 Å². The molecule has 40 heavy (non-hydrogen) atoms. The number of nitrogens with one attached hydrogen (secondary N) is 5. The van der Waals surface area contributed by atoms with Gasteiger partial charge in [-0.1, -0.05) is 36.8 Å². The lowest BCUT2D eigenvalue weighted by atomic mass is 10.1. The van der Waals surface area contributed by atoms with Crippen molar-refractivity contribution in [3.05, 3.63) is 35.9 Å². The largest absolute Gasteiger partial charge is 0.363 e. The summed E-state index contributed by atoms with van der Waals surface area (Å²) in [5.74, 6) is -2.73. The number of benzene rings is 1. The topological polar surface area (TPSA) is 183 Å². The van der Waals surface area contributed by atoms with Gasteiger partial charge in [-0.15, -0.1) is 0 Å². The fraction of sp³-hybridized carbons (Fsp3) is 0.500. The first-order chi connectivity index (χ1) is 19.2. The van der Waals surface area contributed by atoms with Crippen molar-refractivity contribution in [1.29, 1.82) is 0 Å². The highest BCUT2D eigenvalue weighted by Gasteiger charge is 2.28. The Kier molecular flexibility index (Phi) is 13.9. The van der Waals surface area contributed by atoms with E-state index in [0.717, 1.165) is 5.56 Å².